The van der Waals surface area contributed by atoms with Crippen molar-refractivity contribution in [3.05, 3.63) is 42.5 Å². The van der Waals surface area contributed by atoms with E-state index in [9.17, 15) is 4.79 Å². The van der Waals surface area contributed by atoms with E-state index in [0.717, 1.165) is 17.7 Å². The van der Waals surface area contributed by atoms with Gasteiger partial charge in [-0.05, 0) is 30.0 Å². The third-order valence-electron chi connectivity index (χ3n) is 3.03. The fourth-order valence-corrected chi connectivity index (χ4v) is 1.82. The minimum absolute atomic E-state index is 0.0432. The van der Waals surface area contributed by atoms with Crippen molar-refractivity contribution in [1.82, 2.24) is 5.32 Å². The smallest absolute Gasteiger partial charge is 0.220 e. The monoisotopic (exact) mass is 276 g/mol. The maximum absolute atomic E-state index is 11.8. The molecule has 0 aromatic heterocycles. The Morgan fingerprint density at radius 2 is 2.10 bits per heavy atom. The number of nitrogens with one attached hydrogen (secondary N) is 1. The molecule has 1 amide bonds. The van der Waals surface area contributed by atoms with Gasteiger partial charge in [0.1, 0.15) is 0 Å². The number of nitrogens with two attached hydrogens (primary N) is 1. The van der Waals surface area contributed by atoms with E-state index in [1.165, 1.54) is 0 Å². The van der Waals surface area contributed by atoms with Crippen LogP contribution in [0.3, 0.4) is 0 Å². The summed E-state index contributed by atoms with van der Waals surface area (Å²) in [5.41, 5.74) is 7.50. The second-order valence-electron chi connectivity index (χ2n) is 4.81. The number of nitrogen functional groups attached to an aromatic ring is 1. The van der Waals surface area contributed by atoms with Crippen molar-refractivity contribution in [3.63, 3.8) is 0 Å². The molecule has 1 aromatic rings. The molecule has 20 heavy (non-hydrogen) atoms. The number of amides is 1. The van der Waals surface area contributed by atoms with Crippen molar-refractivity contribution in [1.29, 1.82) is 0 Å². The normalized spacial score (nSPS) is 11.8. The minimum Gasteiger partial charge on any atom is -0.399 e. The Balaban J connectivity index is 2.21. The second-order valence-corrected chi connectivity index (χ2v) is 4.81. The van der Waals surface area contributed by atoms with E-state index in [4.69, 9.17) is 10.5 Å². The van der Waals surface area contributed by atoms with Gasteiger partial charge in [-0.25, -0.2) is 0 Å². The van der Waals surface area contributed by atoms with Crippen LogP contribution in [-0.2, 0) is 9.53 Å². The number of hydrogen-bond donors (Lipinski definition) is 2. The lowest BCUT2D eigenvalue weighted by atomic mass is 9.97. The lowest BCUT2D eigenvalue weighted by Crippen LogP contribution is -2.28. The van der Waals surface area contributed by atoms with Gasteiger partial charge in [-0.3, -0.25) is 4.79 Å². The molecule has 4 nitrogen and oxygen atoms in total. The fraction of sp³-hybridized carbons (Fsp3) is 0.438. The molecule has 3 N–H and O–H groups in total. The zero-order valence-corrected chi connectivity index (χ0v) is 12.1. The van der Waals surface area contributed by atoms with Gasteiger partial charge < -0.3 is 15.8 Å². The SMILES string of the molecule is C=CCCOCCNC(=O)CC(C)c1ccc(N)cc1. The molecule has 0 heterocycles. The van der Waals surface area contributed by atoms with Crippen LogP contribution in [0.25, 0.3) is 0 Å². The molecule has 0 fully saturated rings. The van der Waals surface area contributed by atoms with Crippen LogP contribution in [0.4, 0.5) is 5.69 Å². The molecule has 0 spiro atoms. The summed E-state index contributed by atoms with van der Waals surface area (Å²) in [6.07, 6.45) is 3.12. The number of anilines is 1. The van der Waals surface area contributed by atoms with Gasteiger partial charge >= 0.3 is 0 Å². The predicted octanol–water partition coefficient (Wildman–Crippen LogP) is 2.47. The van der Waals surface area contributed by atoms with Gasteiger partial charge in [0, 0.05) is 18.7 Å². The van der Waals surface area contributed by atoms with Gasteiger partial charge in [-0.2, -0.15) is 0 Å². The zero-order chi connectivity index (χ0) is 14.8. The van der Waals surface area contributed by atoms with E-state index in [1.807, 2.05) is 37.3 Å². The van der Waals surface area contributed by atoms with E-state index < -0.39 is 0 Å². The summed E-state index contributed by atoms with van der Waals surface area (Å²) in [6, 6.07) is 7.64. The highest BCUT2D eigenvalue weighted by Crippen LogP contribution is 2.19. The van der Waals surface area contributed by atoms with Crippen LogP contribution in [0, 0.1) is 0 Å². The first-order valence-corrected chi connectivity index (χ1v) is 6.94. The Hall–Kier alpha value is -1.81. The van der Waals surface area contributed by atoms with Crippen molar-refractivity contribution in [2.24, 2.45) is 0 Å². The van der Waals surface area contributed by atoms with Crippen LogP contribution < -0.4 is 11.1 Å². The topological polar surface area (TPSA) is 64.3 Å². The first-order chi connectivity index (χ1) is 9.63. The van der Waals surface area contributed by atoms with E-state index in [-0.39, 0.29) is 11.8 Å². The van der Waals surface area contributed by atoms with Crippen LogP contribution >= 0.6 is 0 Å². The highest BCUT2D eigenvalue weighted by atomic mass is 16.5. The molecule has 4 heteroatoms. The number of ether oxygens (including phenoxy) is 1. The van der Waals surface area contributed by atoms with Crippen LogP contribution in [0.15, 0.2) is 36.9 Å². The highest BCUT2D eigenvalue weighted by Gasteiger charge is 2.10. The molecule has 0 aliphatic heterocycles. The molecule has 0 saturated heterocycles. The quantitative estimate of drug-likeness (QED) is 0.414. The summed E-state index contributed by atoms with van der Waals surface area (Å²) in [5.74, 6) is 0.221. The van der Waals surface area contributed by atoms with E-state index in [1.54, 1.807) is 0 Å². The lowest BCUT2D eigenvalue weighted by Gasteiger charge is -2.12. The minimum atomic E-state index is 0.0432. The Kier molecular flexibility index (Phi) is 7.43. The summed E-state index contributed by atoms with van der Waals surface area (Å²) < 4.78 is 5.33. The van der Waals surface area contributed by atoms with Crippen LogP contribution in [0.5, 0.6) is 0 Å². The molecule has 1 rings (SSSR count). The third-order valence-corrected chi connectivity index (χ3v) is 3.03. The summed E-state index contributed by atoms with van der Waals surface area (Å²) in [4.78, 5) is 11.8. The molecule has 1 unspecified atom stereocenters. The van der Waals surface area contributed by atoms with Crippen molar-refractivity contribution in [2.45, 2.75) is 25.7 Å². The van der Waals surface area contributed by atoms with Gasteiger partial charge in [0.15, 0.2) is 0 Å². The predicted molar refractivity (Wildman–Crippen MR) is 82.5 cm³/mol. The first-order valence-electron chi connectivity index (χ1n) is 6.94. The maximum Gasteiger partial charge on any atom is 0.220 e. The van der Waals surface area contributed by atoms with Gasteiger partial charge in [-0.15, -0.1) is 6.58 Å². The van der Waals surface area contributed by atoms with Crippen molar-refractivity contribution in [2.75, 3.05) is 25.5 Å². The number of hydrogen-bond acceptors (Lipinski definition) is 3. The molecule has 0 bridgehead atoms. The molecule has 0 aliphatic carbocycles. The van der Waals surface area contributed by atoms with Gasteiger partial charge in [0.25, 0.3) is 0 Å². The number of carbonyl (C=O) groups is 1. The van der Waals surface area contributed by atoms with Gasteiger partial charge in [0.2, 0.25) is 5.91 Å². The van der Waals surface area contributed by atoms with E-state index in [2.05, 4.69) is 11.9 Å². The summed E-state index contributed by atoms with van der Waals surface area (Å²) in [6.45, 7) is 7.39. The second kappa shape index (κ2) is 9.15. The molecule has 0 radical (unpaired) electrons. The average Bonchev–Trinajstić information content (AvgIpc) is 2.43. The number of carbonyl (C=O) groups excluding carboxylic acids is 1. The van der Waals surface area contributed by atoms with Crippen molar-refractivity contribution < 1.29 is 9.53 Å². The average molecular weight is 276 g/mol. The van der Waals surface area contributed by atoms with Crippen molar-refractivity contribution >= 4 is 11.6 Å². The molecule has 1 atom stereocenters. The fourth-order valence-electron chi connectivity index (χ4n) is 1.82. The Labute approximate surface area is 121 Å². The van der Waals surface area contributed by atoms with E-state index >= 15 is 0 Å². The van der Waals surface area contributed by atoms with E-state index in [0.29, 0.717) is 26.2 Å². The Morgan fingerprint density at radius 3 is 2.75 bits per heavy atom. The van der Waals surface area contributed by atoms with Crippen LogP contribution in [0.1, 0.15) is 31.2 Å². The van der Waals surface area contributed by atoms with Gasteiger partial charge in [0.05, 0.1) is 13.2 Å². The Bertz CT molecular complexity index is 415. The number of benzene rings is 1. The largest absolute Gasteiger partial charge is 0.399 e. The molecule has 0 saturated carbocycles. The van der Waals surface area contributed by atoms with Gasteiger partial charge in [-0.1, -0.05) is 25.1 Å². The summed E-state index contributed by atoms with van der Waals surface area (Å²) in [5, 5.41) is 2.86. The number of rotatable bonds is 9. The van der Waals surface area contributed by atoms with Crippen LogP contribution in [0.2, 0.25) is 0 Å². The zero-order valence-electron chi connectivity index (χ0n) is 12.1. The van der Waals surface area contributed by atoms with Crippen LogP contribution in [-0.4, -0.2) is 25.7 Å². The standard InChI is InChI=1S/C16H24N2O2/c1-3-4-10-20-11-9-18-16(19)12-13(2)14-5-7-15(17)8-6-14/h3,5-8,13H,1,4,9-12,17H2,2H3,(H,18,19). The Morgan fingerprint density at radius 1 is 1.40 bits per heavy atom. The summed E-state index contributed by atoms with van der Waals surface area (Å²) in [7, 11) is 0. The molecule has 110 valence electrons. The lowest BCUT2D eigenvalue weighted by molar-refractivity contribution is -0.121. The maximum atomic E-state index is 11.8. The molecular formula is C16H24N2O2. The third kappa shape index (κ3) is 6.38. The first kappa shape index (κ1) is 16.2. The highest BCUT2D eigenvalue weighted by molar-refractivity contribution is 5.76. The summed E-state index contributed by atoms with van der Waals surface area (Å²) >= 11 is 0. The molecule has 0 aliphatic rings. The molecular weight excluding hydrogens is 252 g/mol. The van der Waals surface area contributed by atoms with Crippen molar-refractivity contribution in [3.8, 4) is 0 Å². The molecule has 1 aromatic carbocycles.